The van der Waals surface area contributed by atoms with Crippen molar-refractivity contribution in [3.8, 4) is 0 Å². The number of Topliss-reactive ketones (excluding diaryl/α,β-unsaturated/α-hetero) is 1. The van der Waals surface area contributed by atoms with E-state index in [1.807, 2.05) is 13.8 Å². The van der Waals surface area contributed by atoms with Crippen LogP contribution >= 0.6 is 0 Å². The lowest BCUT2D eigenvalue weighted by atomic mass is 9.85. The van der Waals surface area contributed by atoms with Crippen LogP contribution in [0.2, 0.25) is 0 Å². The van der Waals surface area contributed by atoms with Crippen molar-refractivity contribution >= 4 is 5.78 Å². The summed E-state index contributed by atoms with van der Waals surface area (Å²) in [6.07, 6.45) is 1.63. The molecule has 0 spiro atoms. The Balaban J connectivity index is 2.53. The molecule has 1 saturated heterocycles. The van der Waals surface area contributed by atoms with Gasteiger partial charge in [-0.25, -0.2) is 0 Å². The summed E-state index contributed by atoms with van der Waals surface area (Å²) in [5, 5.41) is 0. The number of nitrogens with zero attached hydrogens (tertiary/aromatic N) is 1. The highest BCUT2D eigenvalue weighted by Crippen LogP contribution is 2.25. The van der Waals surface area contributed by atoms with Crippen molar-refractivity contribution in [2.75, 3.05) is 26.3 Å². The predicted octanol–water partition coefficient (Wildman–Crippen LogP) is 2.49. The van der Waals surface area contributed by atoms with Gasteiger partial charge in [-0.15, -0.1) is 0 Å². The maximum absolute atomic E-state index is 12.3. The molecule has 0 aliphatic carbocycles. The molecule has 3 nitrogen and oxygen atoms in total. The summed E-state index contributed by atoms with van der Waals surface area (Å²) < 4.78 is 5.34. The SMILES string of the molecule is CC(C)(C)CCC(=O)C(C)(C)N1CCOCC1. The number of morpholine rings is 1. The van der Waals surface area contributed by atoms with Gasteiger partial charge in [0.1, 0.15) is 0 Å². The zero-order valence-corrected chi connectivity index (χ0v) is 12.0. The molecule has 0 aromatic carbocycles. The summed E-state index contributed by atoms with van der Waals surface area (Å²) in [6, 6.07) is 0. The third-order valence-electron chi connectivity index (χ3n) is 3.59. The fraction of sp³-hybridized carbons (Fsp3) is 0.929. The predicted molar refractivity (Wildman–Crippen MR) is 70.2 cm³/mol. The van der Waals surface area contributed by atoms with Gasteiger partial charge in [0, 0.05) is 19.5 Å². The Kier molecular flexibility index (Phi) is 4.73. The number of ether oxygens (including phenoxy) is 1. The Morgan fingerprint density at radius 2 is 1.65 bits per heavy atom. The molecule has 0 saturated carbocycles. The normalized spacial score (nSPS) is 19.4. The van der Waals surface area contributed by atoms with Gasteiger partial charge in [0.2, 0.25) is 0 Å². The van der Waals surface area contributed by atoms with Crippen LogP contribution in [0.15, 0.2) is 0 Å². The molecule has 17 heavy (non-hydrogen) atoms. The van der Waals surface area contributed by atoms with E-state index in [1.165, 1.54) is 0 Å². The van der Waals surface area contributed by atoms with E-state index in [2.05, 4.69) is 25.7 Å². The molecule has 0 atom stereocenters. The van der Waals surface area contributed by atoms with Crippen molar-refractivity contribution in [3.05, 3.63) is 0 Å². The van der Waals surface area contributed by atoms with E-state index in [-0.39, 0.29) is 11.0 Å². The van der Waals surface area contributed by atoms with Crippen LogP contribution in [0, 0.1) is 5.41 Å². The van der Waals surface area contributed by atoms with E-state index in [4.69, 9.17) is 4.74 Å². The summed E-state index contributed by atoms with van der Waals surface area (Å²) in [7, 11) is 0. The van der Waals surface area contributed by atoms with Crippen LogP contribution < -0.4 is 0 Å². The first-order valence-corrected chi connectivity index (χ1v) is 6.59. The molecular weight excluding hydrogens is 214 g/mol. The molecule has 1 rings (SSSR count). The highest BCUT2D eigenvalue weighted by atomic mass is 16.5. The molecule has 0 bridgehead atoms. The molecule has 1 aliphatic heterocycles. The molecule has 0 aromatic heterocycles. The van der Waals surface area contributed by atoms with Crippen molar-refractivity contribution in [3.63, 3.8) is 0 Å². The number of hydrogen-bond donors (Lipinski definition) is 0. The van der Waals surface area contributed by atoms with Gasteiger partial charge in [-0.05, 0) is 25.7 Å². The second-order valence-corrected chi connectivity index (χ2v) is 6.64. The van der Waals surface area contributed by atoms with Gasteiger partial charge < -0.3 is 4.74 Å². The monoisotopic (exact) mass is 241 g/mol. The van der Waals surface area contributed by atoms with E-state index in [9.17, 15) is 4.79 Å². The molecule has 1 heterocycles. The molecule has 1 aliphatic rings. The molecule has 100 valence electrons. The van der Waals surface area contributed by atoms with Gasteiger partial charge in [0.15, 0.2) is 5.78 Å². The average Bonchev–Trinajstić information content (AvgIpc) is 2.26. The Bertz CT molecular complexity index is 260. The molecule has 3 heteroatoms. The summed E-state index contributed by atoms with van der Waals surface area (Å²) in [4.78, 5) is 14.6. The minimum atomic E-state index is -0.338. The lowest BCUT2D eigenvalue weighted by Crippen LogP contribution is -2.54. The number of carbonyl (C=O) groups is 1. The van der Waals surface area contributed by atoms with Crippen LogP contribution in [0.3, 0.4) is 0 Å². The van der Waals surface area contributed by atoms with Crippen molar-refractivity contribution < 1.29 is 9.53 Å². The van der Waals surface area contributed by atoms with Crippen molar-refractivity contribution in [2.45, 2.75) is 53.0 Å². The van der Waals surface area contributed by atoms with Crippen LogP contribution in [0.25, 0.3) is 0 Å². The number of hydrogen-bond acceptors (Lipinski definition) is 3. The molecule has 0 aromatic rings. The fourth-order valence-corrected chi connectivity index (χ4v) is 2.09. The van der Waals surface area contributed by atoms with Gasteiger partial charge in [0.25, 0.3) is 0 Å². The summed E-state index contributed by atoms with van der Waals surface area (Å²) >= 11 is 0. The van der Waals surface area contributed by atoms with Gasteiger partial charge in [-0.2, -0.15) is 0 Å². The van der Waals surface area contributed by atoms with E-state index in [1.54, 1.807) is 0 Å². The number of ketones is 1. The van der Waals surface area contributed by atoms with E-state index in [0.717, 1.165) is 32.7 Å². The minimum Gasteiger partial charge on any atom is -0.379 e. The lowest BCUT2D eigenvalue weighted by Gasteiger charge is -2.40. The third kappa shape index (κ3) is 4.40. The second-order valence-electron chi connectivity index (χ2n) is 6.64. The van der Waals surface area contributed by atoms with Crippen molar-refractivity contribution in [2.24, 2.45) is 5.41 Å². The third-order valence-corrected chi connectivity index (χ3v) is 3.59. The molecule has 1 fully saturated rings. The largest absolute Gasteiger partial charge is 0.379 e. The summed E-state index contributed by atoms with van der Waals surface area (Å²) in [5.41, 5.74) is -0.105. The summed E-state index contributed by atoms with van der Waals surface area (Å²) in [6.45, 7) is 13.9. The smallest absolute Gasteiger partial charge is 0.152 e. The Morgan fingerprint density at radius 1 is 1.12 bits per heavy atom. The van der Waals surface area contributed by atoms with Crippen LogP contribution in [-0.2, 0) is 9.53 Å². The average molecular weight is 241 g/mol. The quantitative estimate of drug-likeness (QED) is 0.757. The molecule has 0 radical (unpaired) electrons. The van der Waals surface area contributed by atoms with E-state index < -0.39 is 0 Å². The van der Waals surface area contributed by atoms with Gasteiger partial charge in [0.05, 0.1) is 18.8 Å². The Labute approximate surface area is 106 Å². The standard InChI is InChI=1S/C14H27NO2/c1-13(2,3)7-6-12(16)14(4,5)15-8-10-17-11-9-15/h6-11H2,1-5H3. The zero-order valence-electron chi connectivity index (χ0n) is 12.0. The van der Waals surface area contributed by atoms with E-state index >= 15 is 0 Å². The first kappa shape index (κ1) is 14.7. The van der Waals surface area contributed by atoms with E-state index in [0.29, 0.717) is 12.2 Å². The van der Waals surface area contributed by atoms with Gasteiger partial charge in [-0.1, -0.05) is 20.8 Å². The number of carbonyl (C=O) groups excluding carboxylic acids is 1. The zero-order chi connectivity index (χ0) is 13.1. The Hall–Kier alpha value is -0.410. The molecule has 0 N–H and O–H groups in total. The van der Waals surface area contributed by atoms with Crippen LogP contribution in [0.1, 0.15) is 47.5 Å². The lowest BCUT2D eigenvalue weighted by molar-refractivity contribution is -0.132. The molecule has 0 unspecified atom stereocenters. The highest BCUT2D eigenvalue weighted by molar-refractivity contribution is 5.87. The van der Waals surface area contributed by atoms with Crippen LogP contribution in [-0.4, -0.2) is 42.5 Å². The highest BCUT2D eigenvalue weighted by Gasteiger charge is 2.35. The molecular formula is C14H27NO2. The summed E-state index contributed by atoms with van der Waals surface area (Å²) in [5.74, 6) is 0.356. The minimum absolute atomic E-state index is 0.233. The van der Waals surface area contributed by atoms with Crippen LogP contribution in [0.5, 0.6) is 0 Å². The van der Waals surface area contributed by atoms with Crippen LogP contribution in [0.4, 0.5) is 0 Å². The topological polar surface area (TPSA) is 29.5 Å². The van der Waals surface area contributed by atoms with Gasteiger partial charge in [-0.3, -0.25) is 9.69 Å². The molecule has 0 amide bonds. The first-order valence-electron chi connectivity index (χ1n) is 6.59. The second kappa shape index (κ2) is 5.49. The van der Waals surface area contributed by atoms with Crippen molar-refractivity contribution in [1.29, 1.82) is 0 Å². The fourth-order valence-electron chi connectivity index (χ4n) is 2.09. The maximum Gasteiger partial charge on any atom is 0.152 e. The van der Waals surface area contributed by atoms with Crippen molar-refractivity contribution in [1.82, 2.24) is 4.90 Å². The Morgan fingerprint density at radius 3 is 2.12 bits per heavy atom. The number of rotatable bonds is 4. The van der Waals surface area contributed by atoms with Gasteiger partial charge >= 0.3 is 0 Å². The maximum atomic E-state index is 12.3. The first-order chi connectivity index (χ1) is 7.73.